The molecule has 2 aliphatic rings. The molecule has 0 aromatic carbocycles. The number of nitrogens with zero attached hydrogens (tertiary/aromatic N) is 1. The van der Waals surface area contributed by atoms with Crippen LogP contribution in [0, 0.1) is 23.7 Å². The second-order valence-corrected chi connectivity index (χ2v) is 7.80. The Hall–Kier alpha value is -0.570. The van der Waals surface area contributed by atoms with Gasteiger partial charge >= 0.3 is 5.97 Å². The Labute approximate surface area is 130 Å². The molecule has 3 heteroatoms. The first-order valence-corrected chi connectivity index (χ1v) is 8.93. The summed E-state index contributed by atoms with van der Waals surface area (Å²) in [5, 5.41) is 9.01. The quantitative estimate of drug-likeness (QED) is 0.832. The molecule has 2 fully saturated rings. The van der Waals surface area contributed by atoms with Crippen LogP contribution in [0.15, 0.2) is 0 Å². The van der Waals surface area contributed by atoms with E-state index in [4.69, 9.17) is 5.11 Å². The van der Waals surface area contributed by atoms with Gasteiger partial charge in [-0.25, -0.2) is 0 Å². The van der Waals surface area contributed by atoms with Gasteiger partial charge in [0.15, 0.2) is 0 Å². The summed E-state index contributed by atoms with van der Waals surface area (Å²) in [6, 6.07) is 0.756. The molecule has 1 saturated carbocycles. The smallest absolute Gasteiger partial charge is 0.303 e. The molecule has 2 rings (SSSR count). The molecule has 21 heavy (non-hydrogen) atoms. The Morgan fingerprint density at radius 3 is 2.52 bits per heavy atom. The van der Waals surface area contributed by atoms with E-state index in [9.17, 15) is 4.79 Å². The van der Waals surface area contributed by atoms with Crippen molar-refractivity contribution >= 4 is 5.97 Å². The van der Waals surface area contributed by atoms with Gasteiger partial charge in [0.2, 0.25) is 0 Å². The molecular weight excluding hydrogens is 262 g/mol. The van der Waals surface area contributed by atoms with E-state index in [1.807, 2.05) is 0 Å². The number of carboxylic acids is 1. The van der Waals surface area contributed by atoms with E-state index in [1.165, 1.54) is 45.1 Å². The number of carboxylic acid groups (broad SMARTS) is 1. The van der Waals surface area contributed by atoms with Gasteiger partial charge in [0.1, 0.15) is 0 Å². The van der Waals surface area contributed by atoms with Gasteiger partial charge in [0.05, 0.1) is 0 Å². The third-order valence-corrected chi connectivity index (χ3v) is 5.94. The fourth-order valence-electron chi connectivity index (χ4n) is 4.42. The molecule has 4 unspecified atom stereocenters. The highest BCUT2D eigenvalue weighted by Gasteiger charge is 2.33. The van der Waals surface area contributed by atoms with Gasteiger partial charge in [-0.2, -0.15) is 0 Å². The first-order valence-electron chi connectivity index (χ1n) is 8.93. The second-order valence-electron chi connectivity index (χ2n) is 7.80. The molecule has 0 aromatic heterocycles. The maximum atomic E-state index is 10.9. The molecule has 3 nitrogen and oxygen atoms in total. The minimum Gasteiger partial charge on any atom is -0.481 e. The predicted octanol–water partition coefficient (Wildman–Crippen LogP) is 4.02. The summed E-state index contributed by atoms with van der Waals surface area (Å²) in [5.74, 6) is 1.95. The number of rotatable bonds is 5. The van der Waals surface area contributed by atoms with E-state index in [1.54, 1.807) is 0 Å². The monoisotopic (exact) mass is 295 g/mol. The van der Waals surface area contributed by atoms with Crippen LogP contribution in [0.2, 0.25) is 0 Å². The highest BCUT2D eigenvalue weighted by molar-refractivity contribution is 5.67. The molecule has 1 aliphatic carbocycles. The van der Waals surface area contributed by atoms with Crippen molar-refractivity contribution in [3.8, 4) is 0 Å². The molecular formula is C18H33NO2. The number of hydrogen-bond donors (Lipinski definition) is 1. The molecule has 0 aromatic rings. The molecule has 0 spiro atoms. The summed E-state index contributed by atoms with van der Waals surface area (Å²) in [6.45, 7) is 9.21. The molecule has 1 heterocycles. The maximum absolute atomic E-state index is 10.9. The van der Waals surface area contributed by atoms with Gasteiger partial charge in [-0.05, 0) is 55.9 Å². The summed E-state index contributed by atoms with van der Waals surface area (Å²) in [7, 11) is 0. The molecule has 0 amide bonds. The summed E-state index contributed by atoms with van der Waals surface area (Å²) < 4.78 is 0. The lowest BCUT2D eigenvalue weighted by Gasteiger charge is -2.43. The zero-order chi connectivity index (χ0) is 15.4. The Kier molecular flexibility index (Phi) is 6.09. The normalized spacial score (nSPS) is 33.0. The average Bonchev–Trinajstić information content (AvgIpc) is 2.47. The van der Waals surface area contributed by atoms with Crippen LogP contribution < -0.4 is 0 Å². The first kappa shape index (κ1) is 16.8. The minimum atomic E-state index is -0.642. The summed E-state index contributed by atoms with van der Waals surface area (Å²) in [5.41, 5.74) is 0. The average molecular weight is 295 g/mol. The highest BCUT2D eigenvalue weighted by atomic mass is 16.4. The van der Waals surface area contributed by atoms with Crippen LogP contribution in [-0.4, -0.2) is 35.1 Å². The molecule has 0 radical (unpaired) electrons. The van der Waals surface area contributed by atoms with Crippen LogP contribution in [0.25, 0.3) is 0 Å². The van der Waals surface area contributed by atoms with E-state index in [0.717, 1.165) is 24.4 Å². The van der Waals surface area contributed by atoms with E-state index in [0.29, 0.717) is 18.3 Å². The van der Waals surface area contributed by atoms with Crippen LogP contribution in [-0.2, 0) is 4.79 Å². The van der Waals surface area contributed by atoms with E-state index in [2.05, 4.69) is 25.7 Å². The van der Waals surface area contributed by atoms with Crippen molar-refractivity contribution < 1.29 is 9.90 Å². The maximum Gasteiger partial charge on any atom is 0.303 e. The van der Waals surface area contributed by atoms with Crippen molar-refractivity contribution in [2.45, 2.75) is 71.8 Å². The summed E-state index contributed by atoms with van der Waals surface area (Å²) >= 11 is 0. The van der Waals surface area contributed by atoms with Gasteiger partial charge in [0.25, 0.3) is 0 Å². The lowest BCUT2D eigenvalue weighted by Crippen LogP contribution is -2.46. The molecule has 4 atom stereocenters. The van der Waals surface area contributed by atoms with Gasteiger partial charge in [0, 0.05) is 19.0 Å². The Morgan fingerprint density at radius 1 is 1.14 bits per heavy atom. The Bertz CT molecular complexity index is 342. The fourth-order valence-corrected chi connectivity index (χ4v) is 4.42. The molecule has 1 saturated heterocycles. The Morgan fingerprint density at radius 2 is 1.86 bits per heavy atom. The van der Waals surface area contributed by atoms with Crippen molar-refractivity contribution in [3.63, 3.8) is 0 Å². The van der Waals surface area contributed by atoms with Gasteiger partial charge in [-0.3, -0.25) is 4.79 Å². The van der Waals surface area contributed by atoms with E-state index < -0.39 is 5.97 Å². The molecule has 1 N–H and O–H groups in total. The van der Waals surface area contributed by atoms with Crippen molar-refractivity contribution in [1.82, 2.24) is 4.90 Å². The van der Waals surface area contributed by atoms with Crippen molar-refractivity contribution in [2.75, 3.05) is 13.1 Å². The van der Waals surface area contributed by atoms with Crippen molar-refractivity contribution in [3.05, 3.63) is 0 Å². The summed E-state index contributed by atoms with van der Waals surface area (Å²) in [6.07, 6.45) is 8.28. The predicted molar refractivity (Wildman–Crippen MR) is 86.3 cm³/mol. The van der Waals surface area contributed by atoms with Crippen LogP contribution in [0.4, 0.5) is 0 Å². The third kappa shape index (κ3) is 4.70. The zero-order valence-electron chi connectivity index (χ0n) is 14.1. The molecule has 122 valence electrons. The summed E-state index contributed by atoms with van der Waals surface area (Å²) in [4.78, 5) is 13.6. The lowest BCUT2D eigenvalue weighted by molar-refractivity contribution is -0.138. The number of piperidine rings is 1. The number of aliphatic carboxylic acids is 1. The van der Waals surface area contributed by atoms with Crippen LogP contribution in [0.3, 0.4) is 0 Å². The largest absolute Gasteiger partial charge is 0.481 e. The lowest BCUT2D eigenvalue weighted by atomic mass is 9.77. The van der Waals surface area contributed by atoms with Crippen molar-refractivity contribution in [2.24, 2.45) is 23.7 Å². The van der Waals surface area contributed by atoms with Crippen LogP contribution in [0.1, 0.15) is 65.7 Å². The van der Waals surface area contributed by atoms with Crippen LogP contribution in [0.5, 0.6) is 0 Å². The Balaban J connectivity index is 1.89. The van der Waals surface area contributed by atoms with Gasteiger partial charge < -0.3 is 10.0 Å². The third-order valence-electron chi connectivity index (χ3n) is 5.94. The van der Waals surface area contributed by atoms with E-state index >= 15 is 0 Å². The standard InChI is InChI=1S/C18H33NO2/c1-13(2)15-6-4-8-17(11-15)19-9-5-7-16(12-19)14(3)10-18(20)21/h13-17H,4-12H2,1-3H3,(H,20,21). The highest BCUT2D eigenvalue weighted by Crippen LogP contribution is 2.35. The fraction of sp³-hybridized carbons (Fsp3) is 0.944. The zero-order valence-corrected chi connectivity index (χ0v) is 14.1. The molecule has 1 aliphatic heterocycles. The number of likely N-dealkylation sites (tertiary alicyclic amines) is 1. The molecule has 0 bridgehead atoms. The minimum absolute atomic E-state index is 0.315. The SMILES string of the molecule is CC(C)C1CCCC(N2CCCC(C(C)CC(=O)O)C2)C1. The second kappa shape index (κ2) is 7.62. The number of hydrogen-bond acceptors (Lipinski definition) is 2. The first-order chi connectivity index (χ1) is 9.97. The van der Waals surface area contributed by atoms with Gasteiger partial charge in [-0.1, -0.05) is 33.6 Å². The topological polar surface area (TPSA) is 40.5 Å². The van der Waals surface area contributed by atoms with Crippen molar-refractivity contribution in [1.29, 1.82) is 0 Å². The van der Waals surface area contributed by atoms with Crippen LogP contribution >= 0.6 is 0 Å². The van der Waals surface area contributed by atoms with Gasteiger partial charge in [-0.15, -0.1) is 0 Å². The van der Waals surface area contributed by atoms with E-state index in [-0.39, 0.29) is 0 Å². The number of carbonyl (C=O) groups is 1.